The quantitative estimate of drug-likeness (QED) is 0.263. The number of carbonyl (C=O) groups is 2. The number of carbonyl (C=O) groups excluding carboxylic acids is 2. The highest BCUT2D eigenvalue weighted by molar-refractivity contribution is 7.92. The minimum atomic E-state index is -4.11. The zero-order valence-electron chi connectivity index (χ0n) is 21.5. The highest BCUT2D eigenvalue weighted by Gasteiger charge is 2.28. The van der Waals surface area contributed by atoms with E-state index in [2.05, 4.69) is 10.6 Å². The van der Waals surface area contributed by atoms with Crippen LogP contribution in [-0.4, -0.2) is 26.8 Å². The fourth-order valence-corrected chi connectivity index (χ4v) is 5.59. The first-order valence-electron chi connectivity index (χ1n) is 12.2. The highest BCUT2D eigenvalue weighted by atomic mass is 35.5. The summed E-state index contributed by atoms with van der Waals surface area (Å²) in [5.74, 6) is -0.997. The maximum Gasteiger partial charge on any atom is 0.264 e. The Bertz CT molecular complexity index is 1580. The minimum absolute atomic E-state index is 0.0375. The molecule has 9 heteroatoms. The van der Waals surface area contributed by atoms with Crippen LogP contribution in [0.15, 0.2) is 108 Å². The molecule has 2 amide bonds. The normalized spacial score (nSPS) is 11.9. The van der Waals surface area contributed by atoms with Crippen LogP contribution in [0.25, 0.3) is 0 Å². The number of anilines is 2. The van der Waals surface area contributed by atoms with Crippen LogP contribution in [0.3, 0.4) is 0 Å². The second kappa shape index (κ2) is 12.1. The van der Waals surface area contributed by atoms with Crippen LogP contribution < -0.4 is 14.9 Å². The van der Waals surface area contributed by atoms with E-state index >= 15 is 0 Å². The third-order valence-electron chi connectivity index (χ3n) is 6.09. The van der Waals surface area contributed by atoms with E-state index in [0.717, 1.165) is 15.4 Å². The Hall–Kier alpha value is -4.14. The number of para-hydroxylation sites is 1. The van der Waals surface area contributed by atoms with Gasteiger partial charge in [0.15, 0.2) is 0 Å². The monoisotopic (exact) mass is 561 g/mol. The SMILES string of the molecule is Cc1ccc(S(=O)(=O)N(CC(=O)Nc2ccccc2C(=O)N[C@H](C)c2ccccc2)c2cccc(Cl)c2)cc1. The molecule has 0 fully saturated rings. The lowest BCUT2D eigenvalue weighted by molar-refractivity contribution is -0.114. The second-order valence-corrected chi connectivity index (χ2v) is 11.3. The molecule has 0 aromatic heterocycles. The third-order valence-corrected chi connectivity index (χ3v) is 8.11. The van der Waals surface area contributed by atoms with Crippen LogP contribution in [0.4, 0.5) is 11.4 Å². The number of hydrogen-bond acceptors (Lipinski definition) is 4. The number of amides is 2. The van der Waals surface area contributed by atoms with Gasteiger partial charge in [0.25, 0.3) is 15.9 Å². The number of sulfonamides is 1. The lowest BCUT2D eigenvalue weighted by atomic mass is 10.1. The molecule has 1 atom stereocenters. The van der Waals surface area contributed by atoms with Gasteiger partial charge in [0.05, 0.1) is 27.9 Å². The smallest absolute Gasteiger partial charge is 0.264 e. The van der Waals surface area contributed by atoms with Crippen molar-refractivity contribution in [3.05, 3.63) is 125 Å². The summed E-state index contributed by atoms with van der Waals surface area (Å²) in [5, 5.41) is 5.98. The number of rotatable bonds is 9. The van der Waals surface area contributed by atoms with Crippen LogP contribution in [0.2, 0.25) is 5.02 Å². The van der Waals surface area contributed by atoms with E-state index in [4.69, 9.17) is 11.6 Å². The highest BCUT2D eigenvalue weighted by Crippen LogP contribution is 2.27. The van der Waals surface area contributed by atoms with Gasteiger partial charge in [-0.1, -0.05) is 77.8 Å². The largest absolute Gasteiger partial charge is 0.345 e. The maximum atomic E-state index is 13.6. The van der Waals surface area contributed by atoms with Crippen LogP contribution in [0.1, 0.15) is 34.5 Å². The molecule has 4 aromatic rings. The molecule has 0 aliphatic rings. The van der Waals surface area contributed by atoms with Crippen molar-refractivity contribution in [2.24, 2.45) is 0 Å². The van der Waals surface area contributed by atoms with Crippen molar-refractivity contribution < 1.29 is 18.0 Å². The third kappa shape index (κ3) is 6.85. The topological polar surface area (TPSA) is 95.6 Å². The Balaban J connectivity index is 1.58. The first kappa shape index (κ1) is 27.9. The molecule has 4 rings (SSSR count). The van der Waals surface area contributed by atoms with E-state index in [-0.39, 0.29) is 33.8 Å². The van der Waals surface area contributed by atoms with Crippen LogP contribution >= 0.6 is 11.6 Å². The lowest BCUT2D eigenvalue weighted by Gasteiger charge is -2.24. The fraction of sp³-hybridized carbons (Fsp3) is 0.133. The number of nitrogens with zero attached hydrogens (tertiary/aromatic N) is 1. The van der Waals surface area contributed by atoms with Crippen molar-refractivity contribution in [2.45, 2.75) is 24.8 Å². The Morgan fingerprint density at radius 3 is 2.23 bits per heavy atom. The first-order chi connectivity index (χ1) is 18.6. The van der Waals surface area contributed by atoms with E-state index < -0.39 is 22.5 Å². The summed E-state index contributed by atoms with van der Waals surface area (Å²) in [6.07, 6.45) is 0. The van der Waals surface area contributed by atoms with E-state index in [0.29, 0.717) is 5.02 Å². The van der Waals surface area contributed by atoms with Gasteiger partial charge in [0.1, 0.15) is 6.54 Å². The second-order valence-electron chi connectivity index (χ2n) is 9.00. The summed E-state index contributed by atoms with van der Waals surface area (Å²) in [6, 6.07) is 28.5. The van der Waals surface area contributed by atoms with Crippen LogP contribution in [-0.2, 0) is 14.8 Å². The summed E-state index contributed by atoms with van der Waals surface area (Å²) in [7, 11) is -4.11. The van der Waals surface area contributed by atoms with Crippen molar-refractivity contribution in [3.63, 3.8) is 0 Å². The molecule has 7 nitrogen and oxygen atoms in total. The summed E-state index contributed by atoms with van der Waals surface area (Å²) >= 11 is 6.15. The molecule has 0 heterocycles. The maximum absolute atomic E-state index is 13.6. The van der Waals surface area contributed by atoms with E-state index in [9.17, 15) is 18.0 Å². The lowest BCUT2D eigenvalue weighted by Crippen LogP contribution is -2.38. The van der Waals surface area contributed by atoms with Crippen LogP contribution in [0, 0.1) is 6.92 Å². The van der Waals surface area contributed by atoms with Crippen molar-refractivity contribution in [1.29, 1.82) is 0 Å². The summed E-state index contributed by atoms with van der Waals surface area (Å²) < 4.78 is 28.2. The average Bonchev–Trinajstić information content (AvgIpc) is 2.92. The zero-order chi connectivity index (χ0) is 28.0. The first-order valence-corrected chi connectivity index (χ1v) is 14.1. The number of benzene rings is 4. The van der Waals surface area contributed by atoms with Crippen molar-refractivity contribution in [3.8, 4) is 0 Å². The Morgan fingerprint density at radius 2 is 1.54 bits per heavy atom. The van der Waals surface area contributed by atoms with Gasteiger partial charge in [0.2, 0.25) is 5.91 Å². The molecule has 4 aromatic carbocycles. The van der Waals surface area contributed by atoms with Gasteiger partial charge in [-0.25, -0.2) is 8.42 Å². The molecule has 0 bridgehead atoms. The van der Waals surface area contributed by atoms with Crippen molar-refractivity contribution in [2.75, 3.05) is 16.2 Å². The van der Waals surface area contributed by atoms with Crippen LogP contribution in [0.5, 0.6) is 0 Å². The molecule has 200 valence electrons. The van der Waals surface area contributed by atoms with E-state index in [1.54, 1.807) is 54.6 Å². The molecule has 0 radical (unpaired) electrons. The Morgan fingerprint density at radius 1 is 0.872 bits per heavy atom. The van der Waals surface area contributed by atoms with E-state index in [1.807, 2.05) is 44.2 Å². The Kier molecular flexibility index (Phi) is 8.69. The van der Waals surface area contributed by atoms with Gasteiger partial charge < -0.3 is 10.6 Å². The number of halogens is 1. The average molecular weight is 562 g/mol. The molecular weight excluding hydrogens is 534 g/mol. The molecule has 0 saturated carbocycles. The number of aryl methyl sites for hydroxylation is 1. The molecule has 0 spiro atoms. The van der Waals surface area contributed by atoms with Crippen molar-refractivity contribution in [1.82, 2.24) is 5.32 Å². The van der Waals surface area contributed by atoms with Crippen molar-refractivity contribution >= 4 is 44.8 Å². The minimum Gasteiger partial charge on any atom is -0.345 e. The van der Waals surface area contributed by atoms with Gasteiger partial charge in [-0.3, -0.25) is 13.9 Å². The van der Waals surface area contributed by atoms with Gasteiger partial charge in [-0.2, -0.15) is 0 Å². The molecule has 0 saturated heterocycles. The van der Waals surface area contributed by atoms with Gasteiger partial charge >= 0.3 is 0 Å². The summed E-state index contributed by atoms with van der Waals surface area (Å²) in [5.41, 5.74) is 2.59. The molecule has 0 aliphatic carbocycles. The zero-order valence-corrected chi connectivity index (χ0v) is 23.0. The molecule has 0 aliphatic heterocycles. The van der Waals surface area contributed by atoms with Gasteiger partial charge in [-0.15, -0.1) is 0 Å². The fourth-order valence-electron chi connectivity index (χ4n) is 3.99. The van der Waals surface area contributed by atoms with Gasteiger partial charge in [-0.05, 0) is 61.9 Å². The Labute approximate surface area is 233 Å². The predicted octanol–water partition coefficient (Wildman–Crippen LogP) is 5.97. The van der Waals surface area contributed by atoms with E-state index in [1.165, 1.54) is 18.2 Å². The molecule has 2 N–H and O–H groups in total. The molecular formula is C30H28ClN3O4S. The predicted molar refractivity (Wildman–Crippen MR) is 155 cm³/mol. The number of nitrogens with one attached hydrogen (secondary N) is 2. The van der Waals surface area contributed by atoms with Gasteiger partial charge in [0, 0.05) is 5.02 Å². The summed E-state index contributed by atoms with van der Waals surface area (Å²) in [4.78, 5) is 26.4. The summed E-state index contributed by atoms with van der Waals surface area (Å²) in [6.45, 7) is 3.19. The number of hydrogen-bond donors (Lipinski definition) is 2. The standard InChI is InChI=1S/C30H28ClN3O4S/c1-21-15-17-26(18-16-21)39(37,38)34(25-12-8-11-24(31)19-25)20-29(35)33-28-14-7-6-13-27(28)30(36)32-22(2)23-9-4-3-5-10-23/h3-19,22H,20H2,1-2H3,(H,32,36)(H,33,35)/t22-/m1/s1. The molecule has 0 unspecified atom stereocenters. The molecule has 39 heavy (non-hydrogen) atoms.